The highest BCUT2D eigenvalue weighted by atomic mass is 32.2. The van der Waals surface area contributed by atoms with E-state index in [1.807, 2.05) is 6.26 Å². The second-order valence-corrected chi connectivity index (χ2v) is 4.45. The van der Waals surface area contributed by atoms with Crippen molar-refractivity contribution in [2.45, 2.75) is 25.1 Å². The van der Waals surface area contributed by atoms with Crippen LogP contribution < -0.4 is 5.73 Å². The Morgan fingerprint density at radius 2 is 2.25 bits per heavy atom. The fourth-order valence-electron chi connectivity index (χ4n) is 0.747. The second kappa shape index (κ2) is 3.45. The average Bonchev–Trinajstić information content (AvgIpc) is 2.52. The van der Waals surface area contributed by atoms with Gasteiger partial charge in [-0.25, -0.2) is 4.98 Å². The van der Waals surface area contributed by atoms with Crippen molar-refractivity contribution in [2.24, 2.45) is 5.73 Å². The average molecular weight is 186 g/mol. The van der Waals surface area contributed by atoms with E-state index in [2.05, 4.69) is 29.0 Å². The van der Waals surface area contributed by atoms with Crippen molar-refractivity contribution in [3.8, 4) is 0 Å². The van der Waals surface area contributed by atoms with E-state index >= 15 is 0 Å². The van der Waals surface area contributed by atoms with Gasteiger partial charge in [0.1, 0.15) is 5.82 Å². The maximum absolute atomic E-state index is 5.41. The first-order valence-electron chi connectivity index (χ1n) is 3.77. The Morgan fingerprint density at radius 3 is 2.67 bits per heavy atom. The van der Waals surface area contributed by atoms with Crippen LogP contribution in [0.25, 0.3) is 0 Å². The number of H-pyrrole nitrogens is 1. The molecular formula is C7H14N4S. The van der Waals surface area contributed by atoms with E-state index < -0.39 is 0 Å². The molecule has 0 amide bonds. The zero-order chi connectivity index (χ0) is 9.19. The molecule has 0 aliphatic heterocycles. The topological polar surface area (TPSA) is 67.6 Å². The molecule has 0 saturated heterocycles. The third-order valence-electron chi connectivity index (χ3n) is 1.77. The fourth-order valence-corrected chi connectivity index (χ4v) is 1.02. The van der Waals surface area contributed by atoms with Gasteiger partial charge in [-0.2, -0.15) is 16.9 Å². The summed E-state index contributed by atoms with van der Waals surface area (Å²) in [6, 6.07) is 0. The molecule has 0 fully saturated rings. The van der Waals surface area contributed by atoms with Crippen LogP contribution in [0.5, 0.6) is 0 Å². The number of hydrogen-bond donors (Lipinski definition) is 2. The molecule has 0 aromatic carbocycles. The highest BCUT2D eigenvalue weighted by Crippen LogP contribution is 2.30. The van der Waals surface area contributed by atoms with Crippen LogP contribution in [0.3, 0.4) is 0 Å². The van der Waals surface area contributed by atoms with Gasteiger partial charge in [0.2, 0.25) is 0 Å². The number of hydrogen-bond acceptors (Lipinski definition) is 4. The summed E-state index contributed by atoms with van der Waals surface area (Å²) in [5.41, 5.74) is 5.41. The van der Waals surface area contributed by atoms with E-state index in [0.29, 0.717) is 6.54 Å². The van der Waals surface area contributed by atoms with Crippen LogP contribution in [0.2, 0.25) is 0 Å². The standard InChI is InChI=1S/C7H14N4S/c1-7(2,12-3)6-9-5(4-8)10-11-6/h4,8H2,1-3H3,(H,9,10,11). The first-order chi connectivity index (χ1) is 5.60. The normalized spacial score (nSPS) is 12.0. The quantitative estimate of drug-likeness (QED) is 0.734. The molecule has 68 valence electrons. The largest absolute Gasteiger partial charge is 0.324 e. The molecule has 3 N–H and O–H groups in total. The van der Waals surface area contributed by atoms with Crippen LogP contribution in [0.1, 0.15) is 25.5 Å². The molecule has 4 nitrogen and oxygen atoms in total. The molecule has 12 heavy (non-hydrogen) atoms. The fraction of sp³-hybridized carbons (Fsp3) is 0.714. The van der Waals surface area contributed by atoms with Gasteiger partial charge in [0.25, 0.3) is 0 Å². The minimum atomic E-state index is -0.0378. The Kier molecular flexibility index (Phi) is 2.74. The molecule has 1 aromatic rings. The van der Waals surface area contributed by atoms with E-state index in [9.17, 15) is 0 Å². The first kappa shape index (κ1) is 9.54. The van der Waals surface area contributed by atoms with E-state index in [1.54, 1.807) is 11.8 Å². The van der Waals surface area contributed by atoms with E-state index in [-0.39, 0.29) is 4.75 Å². The van der Waals surface area contributed by atoms with Crippen LogP contribution in [0.4, 0.5) is 0 Å². The molecule has 0 spiro atoms. The third-order valence-corrected chi connectivity index (χ3v) is 2.98. The third kappa shape index (κ3) is 1.78. The van der Waals surface area contributed by atoms with Crippen molar-refractivity contribution >= 4 is 11.8 Å². The number of nitrogens with zero attached hydrogens (tertiary/aromatic N) is 2. The van der Waals surface area contributed by atoms with Gasteiger partial charge in [0.15, 0.2) is 5.82 Å². The van der Waals surface area contributed by atoms with Gasteiger partial charge in [0, 0.05) is 0 Å². The zero-order valence-corrected chi connectivity index (χ0v) is 8.40. The summed E-state index contributed by atoms with van der Waals surface area (Å²) in [6.07, 6.45) is 2.04. The van der Waals surface area contributed by atoms with E-state index in [1.165, 1.54) is 0 Å². The summed E-state index contributed by atoms with van der Waals surface area (Å²) in [7, 11) is 0. The summed E-state index contributed by atoms with van der Waals surface area (Å²) in [6.45, 7) is 4.58. The molecule has 1 heterocycles. The molecule has 0 saturated carbocycles. The molecule has 1 rings (SSSR count). The molecule has 0 bridgehead atoms. The number of nitrogens with one attached hydrogen (secondary N) is 1. The van der Waals surface area contributed by atoms with Crippen molar-refractivity contribution in [1.82, 2.24) is 15.2 Å². The Bertz CT molecular complexity index is 256. The maximum atomic E-state index is 5.41. The lowest BCUT2D eigenvalue weighted by Crippen LogP contribution is -2.13. The summed E-state index contributed by atoms with van der Waals surface area (Å²) in [4.78, 5) is 4.26. The lowest BCUT2D eigenvalue weighted by molar-refractivity contribution is 0.714. The van der Waals surface area contributed by atoms with Crippen molar-refractivity contribution < 1.29 is 0 Å². The maximum Gasteiger partial charge on any atom is 0.166 e. The Labute approximate surface area is 76.3 Å². The molecule has 1 aromatic heterocycles. The van der Waals surface area contributed by atoms with Crippen molar-refractivity contribution in [1.29, 1.82) is 0 Å². The SMILES string of the molecule is CSC(C)(C)c1n[nH]c(CN)n1. The summed E-state index contributed by atoms with van der Waals surface area (Å²) in [5.74, 6) is 1.56. The lowest BCUT2D eigenvalue weighted by Gasteiger charge is -2.16. The van der Waals surface area contributed by atoms with Gasteiger partial charge in [-0.15, -0.1) is 0 Å². The van der Waals surface area contributed by atoms with Crippen LogP contribution in [0.15, 0.2) is 0 Å². The van der Waals surface area contributed by atoms with Crippen LogP contribution in [-0.4, -0.2) is 21.4 Å². The zero-order valence-electron chi connectivity index (χ0n) is 7.59. The molecule has 0 atom stereocenters. The van der Waals surface area contributed by atoms with Gasteiger partial charge >= 0.3 is 0 Å². The molecular weight excluding hydrogens is 172 g/mol. The second-order valence-electron chi connectivity index (χ2n) is 3.02. The summed E-state index contributed by atoms with van der Waals surface area (Å²) >= 11 is 1.72. The van der Waals surface area contributed by atoms with Gasteiger partial charge in [0.05, 0.1) is 11.3 Å². The van der Waals surface area contributed by atoms with Crippen LogP contribution in [-0.2, 0) is 11.3 Å². The van der Waals surface area contributed by atoms with Gasteiger partial charge < -0.3 is 5.73 Å². The minimum absolute atomic E-state index is 0.0378. The predicted molar refractivity (Wildman–Crippen MR) is 50.8 cm³/mol. The predicted octanol–water partition coefficient (Wildman–Crippen LogP) is 0.862. The lowest BCUT2D eigenvalue weighted by atomic mass is 10.2. The monoisotopic (exact) mass is 186 g/mol. The van der Waals surface area contributed by atoms with Crippen LogP contribution >= 0.6 is 11.8 Å². The van der Waals surface area contributed by atoms with E-state index in [0.717, 1.165) is 11.6 Å². The van der Waals surface area contributed by atoms with Gasteiger partial charge in [-0.05, 0) is 20.1 Å². The van der Waals surface area contributed by atoms with Gasteiger partial charge in [-0.3, -0.25) is 5.10 Å². The van der Waals surface area contributed by atoms with Gasteiger partial charge in [-0.1, -0.05) is 0 Å². The highest BCUT2D eigenvalue weighted by molar-refractivity contribution is 7.99. The Morgan fingerprint density at radius 1 is 1.58 bits per heavy atom. The number of aromatic nitrogens is 3. The molecule has 0 unspecified atom stereocenters. The number of rotatable bonds is 3. The van der Waals surface area contributed by atoms with Crippen molar-refractivity contribution in [2.75, 3.05) is 6.26 Å². The summed E-state index contributed by atoms with van der Waals surface area (Å²) in [5, 5.41) is 6.89. The first-order valence-corrected chi connectivity index (χ1v) is 4.99. The van der Waals surface area contributed by atoms with Crippen molar-refractivity contribution in [3.63, 3.8) is 0 Å². The molecule has 0 aliphatic rings. The Balaban J connectivity index is 2.88. The van der Waals surface area contributed by atoms with E-state index in [4.69, 9.17) is 5.73 Å². The number of aromatic amines is 1. The molecule has 0 aliphatic carbocycles. The minimum Gasteiger partial charge on any atom is -0.324 e. The molecule has 5 heteroatoms. The summed E-state index contributed by atoms with van der Waals surface area (Å²) < 4.78 is -0.0378. The smallest absolute Gasteiger partial charge is 0.166 e. The number of thioether (sulfide) groups is 1. The highest BCUT2D eigenvalue weighted by Gasteiger charge is 2.23. The van der Waals surface area contributed by atoms with Crippen molar-refractivity contribution in [3.05, 3.63) is 11.6 Å². The molecule has 0 radical (unpaired) electrons. The van der Waals surface area contributed by atoms with Crippen LogP contribution in [0, 0.1) is 0 Å². The Hall–Kier alpha value is -0.550. The number of nitrogens with two attached hydrogens (primary N) is 1.